The number of hydrogen-bond donors (Lipinski definition) is 1. The quantitative estimate of drug-likeness (QED) is 0.559. The highest BCUT2D eigenvalue weighted by Crippen LogP contribution is 2.25. The Balaban J connectivity index is 0.000000268. The molecule has 3 rings (SSSR count). The lowest BCUT2D eigenvalue weighted by molar-refractivity contribution is -0.137. The molecule has 4 heteroatoms. The summed E-state index contributed by atoms with van der Waals surface area (Å²) in [6.45, 7) is 13.7. The Morgan fingerprint density at radius 2 is 1.64 bits per heavy atom. The van der Waals surface area contributed by atoms with Gasteiger partial charge in [-0.15, -0.1) is 0 Å². The maximum Gasteiger partial charge on any atom is 0.229 e. The van der Waals surface area contributed by atoms with Crippen LogP contribution in [0.25, 0.3) is 10.8 Å². The van der Waals surface area contributed by atoms with Crippen molar-refractivity contribution in [3.05, 3.63) is 47.0 Å². The van der Waals surface area contributed by atoms with Crippen LogP contribution in [0.2, 0.25) is 0 Å². The van der Waals surface area contributed by atoms with Gasteiger partial charge in [0.2, 0.25) is 11.8 Å². The van der Waals surface area contributed by atoms with Gasteiger partial charge in [-0.1, -0.05) is 58.0 Å². The van der Waals surface area contributed by atoms with Crippen molar-refractivity contribution in [3.63, 3.8) is 0 Å². The number of benzene rings is 2. The van der Waals surface area contributed by atoms with Gasteiger partial charge in [0.05, 0.1) is 0 Å². The van der Waals surface area contributed by atoms with Crippen molar-refractivity contribution in [1.82, 2.24) is 5.32 Å². The van der Waals surface area contributed by atoms with Gasteiger partial charge in [0.25, 0.3) is 0 Å². The highest BCUT2D eigenvalue weighted by atomic mass is 16.2. The van der Waals surface area contributed by atoms with E-state index >= 15 is 0 Å². The molecule has 1 heterocycles. The van der Waals surface area contributed by atoms with Gasteiger partial charge < -0.3 is 0 Å². The van der Waals surface area contributed by atoms with Gasteiger partial charge in [0.1, 0.15) is 0 Å². The largest absolute Gasteiger partial charge is 0.296 e. The van der Waals surface area contributed by atoms with Crippen LogP contribution in [0.15, 0.2) is 30.3 Å². The molecule has 152 valence electrons. The fourth-order valence-corrected chi connectivity index (χ4v) is 3.37. The second-order valence-electron chi connectivity index (χ2n) is 7.29. The maximum absolute atomic E-state index is 11.5. The summed E-state index contributed by atoms with van der Waals surface area (Å²) in [6.07, 6.45) is 1.21. The van der Waals surface area contributed by atoms with Crippen molar-refractivity contribution in [2.75, 3.05) is 0 Å². The lowest BCUT2D eigenvalue weighted by Gasteiger charge is -2.23. The van der Waals surface area contributed by atoms with Crippen LogP contribution in [0.4, 0.5) is 0 Å². The molecular weight excluding hydrogens is 350 g/mol. The Labute approximate surface area is 168 Å². The molecular formula is C24H33NO3. The molecule has 0 bridgehead atoms. The average molecular weight is 384 g/mol. The number of piperidine rings is 1. The summed E-state index contributed by atoms with van der Waals surface area (Å²) >= 11 is 0. The van der Waals surface area contributed by atoms with Gasteiger partial charge in [0, 0.05) is 17.9 Å². The summed E-state index contributed by atoms with van der Waals surface area (Å²) in [5, 5.41) is 4.62. The summed E-state index contributed by atoms with van der Waals surface area (Å²) < 4.78 is 0. The lowest BCUT2D eigenvalue weighted by atomic mass is 9.88. The van der Waals surface area contributed by atoms with Crippen molar-refractivity contribution in [1.29, 1.82) is 0 Å². The number of rotatable bonds is 2. The van der Waals surface area contributed by atoms with Gasteiger partial charge in [0.15, 0.2) is 5.78 Å². The lowest BCUT2D eigenvalue weighted by Crippen LogP contribution is -2.42. The number of Topliss-reactive ketones (excluding diaryl/α,β-unsaturated/α-hetero) is 1. The van der Waals surface area contributed by atoms with Gasteiger partial charge in [-0.05, 0) is 55.0 Å². The van der Waals surface area contributed by atoms with Crippen LogP contribution in [0.5, 0.6) is 0 Å². The third-order valence-electron chi connectivity index (χ3n) is 4.93. The second kappa shape index (κ2) is 10.7. The van der Waals surface area contributed by atoms with Crippen LogP contribution in [0, 0.1) is 25.7 Å². The summed E-state index contributed by atoms with van der Waals surface area (Å²) in [6, 6.07) is 10.1. The van der Waals surface area contributed by atoms with E-state index in [2.05, 4.69) is 30.4 Å². The van der Waals surface area contributed by atoms with Gasteiger partial charge in [-0.3, -0.25) is 19.7 Å². The van der Waals surface area contributed by atoms with Crippen molar-refractivity contribution < 1.29 is 14.4 Å². The molecule has 1 aliphatic rings. The van der Waals surface area contributed by atoms with Crippen LogP contribution in [0.3, 0.4) is 0 Å². The number of aryl methyl sites for hydroxylation is 2. The van der Waals surface area contributed by atoms with Crippen molar-refractivity contribution in [2.45, 2.75) is 61.3 Å². The smallest absolute Gasteiger partial charge is 0.229 e. The molecule has 2 amide bonds. The first-order chi connectivity index (χ1) is 13.2. The van der Waals surface area contributed by atoms with Crippen molar-refractivity contribution >= 4 is 28.4 Å². The van der Waals surface area contributed by atoms with E-state index in [0.717, 1.165) is 10.9 Å². The fraction of sp³-hybridized carbons (Fsp3) is 0.458. The maximum atomic E-state index is 11.5. The van der Waals surface area contributed by atoms with E-state index in [-0.39, 0.29) is 23.5 Å². The molecule has 0 aliphatic carbocycles. The zero-order valence-electron chi connectivity index (χ0n) is 18.2. The Hall–Kier alpha value is -2.49. The van der Waals surface area contributed by atoms with Crippen LogP contribution in [-0.2, 0) is 9.59 Å². The number of nitrogens with one attached hydrogen (secondary N) is 1. The molecule has 0 spiro atoms. The van der Waals surface area contributed by atoms with E-state index in [1.807, 2.05) is 46.8 Å². The van der Waals surface area contributed by atoms with E-state index in [1.54, 1.807) is 6.92 Å². The Kier molecular flexibility index (Phi) is 9.04. The van der Waals surface area contributed by atoms with Crippen LogP contribution in [-0.4, -0.2) is 17.6 Å². The molecule has 1 atom stereocenters. The zero-order valence-corrected chi connectivity index (χ0v) is 18.2. The van der Waals surface area contributed by atoms with Gasteiger partial charge in [-0.2, -0.15) is 0 Å². The molecule has 0 saturated carbocycles. The predicted molar refractivity (Wildman–Crippen MR) is 115 cm³/mol. The number of carbonyl (C=O) groups is 3. The molecule has 28 heavy (non-hydrogen) atoms. The number of amides is 2. The average Bonchev–Trinajstić information content (AvgIpc) is 2.66. The predicted octanol–water partition coefficient (Wildman–Crippen LogP) is 5.38. The molecule has 2 aromatic rings. The first-order valence-electron chi connectivity index (χ1n) is 10.1. The van der Waals surface area contributed by atoms with E-state index in [1.165, 1.54) is 16.5 Å². The van der Waals surface area contributed by atoms with E-state index < -0.39 is 0 Å². The number of ketones is 1. The molecule has 0 radical (unpaired) electrons. The molecule has 1 saturated heterocycles. The Bertz CT molecular complexity index is 852. The number of hydrogen-bond acceptors (Lipinski definition) is 3. The first-order valence-corrected chi connectivity index (χ1v) is 10.1. The normalized spacial score (nSPS) is 15.9. The highest BCUT2D eigenvalue weighted by Gasteiger charge is 2.28. The standard InChI is InChI=1S/C14H14O.C8H13NO2.C2H6/c1-9-7-8-10(2)14-12(9)5-4-6-13(14)11(3)15;1-5(2)6-3-4-7(10)9-8(6)11;1-2/h4-8H,1-3H3;5-6H,3-4H2,1-2H3,(H,9,10,11);1-2H3. The number of carbonyl (C=O) groups excluding carboxylic acids is 3. The molecule has 1 aliphatic heterocycles. The summed E-state index contributed by atoms with van der Waals surface area (Å²) in [7, 11) is 0. The Morgan fingerprint density at radius 3 is 2.18 bits per heavy atom. The fourth-order valence-electron chi connectivity index (χ4n) is 3.37. The van der Waals surface area contributed by atoms with Crippen molar-refractivity contribution in [2.24, 2.45) is 11.8 Å². The topological polar surface area (TPSA) is 63.2 Å². The minimum Gasteiger partial charge on any atom is -0.296 e. The number of fused-ring (bicyclic) bond motifs is 1. The van der Waals surface area contributed by atoms with Crippen LogP contribution in [0.1, 0.15) is 68.9 Å². The third kappa shape index (κ3) is 5.75. The van der Waals surface area contributed by atoms with E-state index in [0.29, 0.717) is 18.8 Å². The molecule has 1 unspecified atom stereocenters. The highest BCUT2D eigenvalue weighted by molar-refractivity contribution is 6.08. The molecule has 1 N–H and O–H groups in total. The monoisotopic (exact) mass is 383 g/mol. The number of imide groups is 1. The van der Waals surface area contributed by atoms with Crippen LogP contribution >= 0.6 is 0 Å². The van der Waals surface area contributed by atoms with Crippen molar-refractivity contribution in [3.8, 4) is 0 Å². The molecule has 1 fully saturated rings. The summed E-state index contributed by atoms with van der Waals surface area (Å²) in [5.74, 6) is 0.272. The third-order valence-corrected chi connectivity index (χ3v) is 4.93. The zero-order chi connectivity index (χ0) is 21.4. The molecule has 2 aromatic carbocycles. The molecule has 0 aromatic heterocycles. The minimum atomic E-state index is -0.132. The molecule has 4 nitrogen and oxygen atoms in total. The van der Waals surface area contributed by atoms with Gasteiger partial charge in [-0.25, -0.2) is 0 Å². The van der Waals surface area contributed by atoms with E-state index in [9.17, 15) is 14.4 Å². The second-order valence-corrected chi connectivity index (χ2v) is 7.29. The summed E-state index contributed by atoms with van der Waals surface area (Å²) in [5.41, 5.74) is 3.22. The van der Waals surface area contributed by atoms with Crippen LogP contribution < -0.4 is 5.32 Å². The van der Waals surface area contributed by atoms with Gasteiger partial charge >= 0.3 is 0 Å². The SMILES string of the molecule is CC.CC(=O)c1cccc2c(C)ccc(C)c12.CC(C)C1CCC(=O)NC1=O. The Morgan fingerprint density at radius 1 is 1.04 bits per heavy atom. The first kappa shape index (κ1) is 23.5. The van der Waals surface area contributed by atoms with E-state index in [4.69, 9.17) is 0 Å². The summed E-state index contributed by atoms with van der Waals surface area (Å²) in [4.78, 5) is 33.3. The minimum absolute atomic E-state index is 0.0349.